The highest BCUT2D eigenvalue weighted by atomic mass is 19.4. The summed E-state index contributed by atoms with van der Waals surface area (Å²) in [4.78, 5) is 2.12. The van der Waals surface area contributed by atoms with Gasteiger partial charge in [-0.25, -0.2) is 4.39 Å². The fourth-order valence-electron chi connectivity index (χ4n) is 3.69. The molecule has 0 amide bonds. The van der Waals surface area contributed by atoms with Crippen molar-refractivity contribution in [2.24, 2.45) is 0 Å². The second-order valence-electron chi connectivity index (χ2n) is 8.60. The second kappa shape index (κ2) is 12.0. The van der Waals surface area contributed by atoms with Crippen LogP contribution < -0.4 is 0 Å². The summed E-state index contributed by atoms with van der Waals surface area (Å²) < 4.78 is 97.0. The highest BCUT2D eigenvalue weighted by molar-refractivity contribution is 5.33. The van der Waals surface area contributed by atoms with Crippen LogP contribution in [0, 0.1) is 5.82 Å². The summed E-state index contributed by atoms with van der Waals surface area (Å²) in [6.45, 7) is 2.90. The normalized spacial score (nSPS) is 19.0. The molecule has 0 bridgehead atoms. The van der Waals surface area contributed by atoms with Gasteiger partial charge in [0, 0.05) is 5.92 Å². The van der Waals surface area contributed by atoms with Crippen molar-refractivity contribution in [2.75, 3.05) is 20.6 Å². The van der Waals surface area contributed by atoms with Crippen molar-refractivity contribution in [2.45, 2.75) is 63.6 Å². The van der Waals surface area contributed by atoms with Gasteiger partial charge in [0.2, 0.25) is 0 Å². The third kappa shape index (κ3) is 8.58. The molecule has 0 saturated heterocycles. The van der Waals surface area contributed by atoms with Gasteiger partial charge < -0.3 is 9.64 Å². The summed E-state index contributed by atoms with van der Waals surface area (Å²) in [7, 11) is 4.11. The third-order valence-corrected chi connectivity index (χ3v) is 5.74. The Morgan fingerprint density at radius 2 is 1.35 bits per heavy atom. The van der Waals surface area contributed by atoms with E-state index in [9.17, 15) is 30.7 Å². The van der Waals surface area contributed by atoms with Crippen LogP contribution in [0.25, 0.3) is 0 Å². The van der Waals surface area contributed by atoms with Gasteiger partial charge >= 0.3 is 12.4 Å². The number of halogens is 7. The maximum absolute atomic E-state index is 13.2. The van der Waals surface area contributed by atoms with E-state index >= 15 is 0 Å². The van der Waals surface area contributed by atoms with Gasteiger partial charge in [0.25, 0.3) is 0 Å². The van der Waals surface area contributed by atoms with E-state index in [4.69, 9.17) is 4.74 Å². The van der Waals surface area contributed by atoms with Crippen LogP contribution in [0.1, 0.15) is 60.8 Å². The molecule has 0 N–H and O–H groups in total. The van der Waals surface area contributed by atoms with Gasteiger partial charge in [-0.1, -0.05) is 31.9 Å². The van der Waals surface area contributed by atoms with Crippen LogP contribution in [-0.4, -0.2) is 31.6 Å². The molecule has 3 rings (SSSR count). The highest BCUT2D eigenvalue weighted by Gasteiger charge is 2.37. The summed E-state index contributed by atoms with van der Waals surface area (Å²) in [5.41, 5.74) is -2.05. The molecule has 1 fully saturated rings. The van der Waals surface area contributed by atoms with Crippen molar-refractivity contribution in [3.63, 3.8) is 0 Å². The molecule has 0 spiro atoms. The molecule has 0 unspecified atom stereocenters. The lowest BCUT2D eigenvalue weighted by atomic mass is 9.81. The minimum atomic E-state index is -4.89. The lowest BCUT2D eigenvalue weighted by molar-refractivity contribution is -0.143. The van der Waals surface area contributed by atoms with Crippen molar-refractivity contribution < 1.29 is 35.5 Å². The quantitative estimate of drug-likeness (QED) is 0.396. The number of alkyl halides is 6. The molecule has 2 aromatic rings. The average Bonchev–Trinajstić information content (AvgIpc) is 2.77. The topological polar surface area (TPSA) is 12.5 Å². The Hall–Kier alpha value is -2.13. The maximum Gasteiger partial charge on any atom is 0.416 e. The van der Waals surface area contributed by atoms with Crippen LogP contribution in [0.15, 0.2) is 42.5 Å². The zero-order valence-electron chi connectivity index (χ0n) is 19.4. The molecule has 2 atom stereocenters. The first kappa shape index (κ1) is 28.1. The first-order valence-electron chi connectivity index (χ1n) is 11.1. The van der Waals surface area contributed by atoms with E-state index in [0.29, 0.717) is 18.6 Å². The fourth-order valence-corrected chi connectivity index (χ4v) is 3.69. The Labute approximate surface area is 195 Å². The highest BCUT2D eigenvalue weighted by Crippen LogP contribution is 2.38. The van der Waals surface area contributed by atoms with Gasteiger partial charge in [0.15, 0.2) is 0 Å². The molecule has 1 aliphatic rings. The third-order valence-electron chi connectivity index (χ3n) is 5.74. The molecule has 2 aromatic carbocycles. The van der Waals surface area contributed by atoms with Crippen molar-refractivity contribution >= 4 is 0 Å². The zero-order valence-corrected chi connectivity index (χ0v) is 19.4. The Balaban J connectivity index is 0.000000739. The molecule has 0 aromatic heterocycles. The van der Waals surface area contributed by atoms with Gasteiger partial charge in [-0.15, -0.1) is 0 Å². The monoisotopic (exact) mass is 493 g/mol. The van der Waals surface area contributed by atoms with Crippen molar-refractivity contribution in [1.82, 2.24) is 4.90 Å². The van der Waals surface area contributed by atoms with Crippen molar-refractivity contribution in [3.8, 4) is 0 Å². The SMILES string of the molecule is CCN(C)C.Fc1ccc([C@H]2CCCC[C@@H]2OCc2cc(C(F)(F)F)cc(C(F)(F)F)c2)cc1. The molecule has 190 valence electrons. The number of ether oxygens (including phenoxy) is 1. The molecule has 34 heavy (non-hydrogen) atoms. The minimum Gasteiger partial charge on any atom is -0.373 e. The molecule has 9 heteroatoms. The summed E-state index contributed by atoms with van der Waals surface area (Å²) in [5, 5.41) is 0. The number of hydrogen-bond donors (Lipinski definition) is 0. The van der Waals surface area contributed by atoms with E-state index in [-0.39, 0.29) is 36.1 Å². The molecule has 1 saturated carbocycles. The van der Waals surface area contributed by atoms with E-state index in [0.717, 1.165) is 31.4 Å². The average molecular weight is 494 g/mol. The second-order valence-corrected chi connectivity index (χ2v) is 8.60. The number of hydrogen-bond acceptors (Lipinski definition) is 2. The molecular weight excluding hydrogens is 463 g/mol. The summed E-state index contributed by atoms with van der Waals surface area (Å²) in [6.07, 6.45) is -6.99. The Kier molecular flexibility index (Phi) is 9.94. The molecule has 1 aliphatic carbocycles. The standard InChI is InChI=1S/C21H19F7O.C4H11N/c22-17-7-5-14(6-8-17)18-3-1-2-4-19(18)29-12-13-9-15(20(23,24)25)11-16(10-13)21(26,27)28;1-4-5(2)3/h5-11,18-19H,1-4,12H2;4H2,1-3H3/t18-,19+;/m1./s1. The number of rotatable bonds is 5. The predicted octanol–water partition coefficient (Wildman–Crippen LogP) is 7.67. The predicted molar refractivity (Wildman–Crippen MR) is 117 cm³/mol. The summed E-state index contributed by atoms with van der Waals surface area (Å²) in [5.74, 6) is -0.470. The smallest absolute Gasteiger partial charge is 0.373 e. The lowest BCUT2D eigenvalue weighted by Crippen LogP contribution is -2.26. The molecule has 0 radical (unpaired) electrons. The first-order valence-corrected chi connectivity index (χ1v) is 11.1. The molecule has 0 heterocycles. The largest absolute Gasteiger partial charge is 0.416 e. The van der Waals surface area contributed by atoms with Gasteiger partial charge in [-0.3, -0.25) is 0 Å². The zero-order chi connectivity index (χ0) is 25.5. The van der Waals surface area contributed by atoms with Crippen LogP contribution in [0.5, 0.6) is 0 Å². The van der Waals surface area contributed by atoms with E-state index in [1.54, 1.807) is 12.1 Å². The lowest BCUT2D eigenvalue weighted by Gasteiger charge is -2.32. The molecule has 0 aliphatic heterocycles. The van der Waals surface area contributed by atoms with Gasteiger partial charge in [0.1, 0.15) is 5.82 Å². The van der Waals surface area contributed by atoms with Crippen LogP contribution in [0.3, 0.4) is 0 Å². The fraction of sp³-hybridized carbons (Fsp3) is 0.520. The van der Waals surface area contributed by atoms with Gasteiger partial charge in [-0.2, -0.15) is 26.3 Å². The maximum atomic E-state index is 13.2. The number of nitrogens with zero attached hydrogens (tertiary/aromatic N) is 1. The first-order chi connectivity index (χ1) is 15.8. The summed E-state index contributed by atoms with van der Waals surface area (Å²) >= 11 is 0. The van der Waals surface area contributed by atoms with Gasteiger partial charge in [0.05, 0.1) is 23.8 Å². The number of benzene rings is 2. The Morgan fingerprint density at radius 1 is 0.853 bits per heavy atom. The molecular formula is C25H30F7NO. The van der Waals surface area contributed by atoms with Gasteiger partial charge in [-0.05, 0) is 74.9 Å². The summed E-state index contributed by atoms with van der Waals surface area (Å²) in [6, 6.07) is 7.38. The van der Waals surface area contributed by atoms with Crippen LogP contribution in [0.4, 0.5) is 30.7 Å². The minimum absolute atomic E-state index is 0.0859. The van der Waals surface area contributed by atoms with Crippen molar-refractivity contribution in [3.05, 3.63) is 70.5 Å². The van der Waals surface area contributed by atoms with E-state index in [1.165, 1.54) is 12.1 Å². The van der Waals surface area contributed by atoms with Crippen LogP contribution >= 0.6 is 0 Å². The van der Waals surface area contributed by atoms with Crippen LogP contribution in [0.2, 0.25) is 0 Å². The Bertz CT molecular complexity index is 859. The molecule has 2 nitrogen and oxygen atoms in total. The van der Waals surface area contributed by atoms with E-state index < -0.39 is 23.5 Å². The van der Waals surface area contributed by atoms with Crippen molar-refractivity contribution in [1.29, 1.82) is 0 Å². The van der Waals surface area contributed by atoms with E-state index in [2.05, 4.69) is 25.9 Å². The Morgan fingerprint density at radius 3 is 1.82 bits per heavy atom. The van der Waals surface area contributed by atoms with Crippen LogP contribution in [-0.2, 0) is 23.7 Å². The van der Waals surface area contributed by atoms with E-state index in [1.807, 2.05) is 0 Å².